The third-order valence-electron chi connectivity index (χ3n) is 2.44. The fourth-order valence-corrected chi connectivity index (χ4v) is 2.31. The number of aromatic nitrogens is 1. The number of pyridine rings is 1. The van der Waals surface area contributed by atoms with Crippen molar-refractivity contribution >= 4 is 45.3 Å². The smallest absolute Gasteiger partial charge is 0.313 e. The molecule has 0 aliphatic heterocycles. The Labute approximate surface area is 133 Å². The third kappa shape index (κ3) is 4.87. The van der Waals surface area contributed by atoms with E-state index >= 15 is 0 Å². The summed E-state index contributed by atoms with van der Waals surface area (Å²) < 4.78 is 0.903. The van der Waals surface area contributed by atoms with E-state index in [0.29, 0.717) is 16.3 Å². The van der Waals surface area contributed by atoms with E-state index in [1.54, 1.807) is 36.4 Å². The van der Waals surface area contributed by atoms with Crippen LogP contribution in [0.2, 0.25) is 0 Å². The van der Waals surface area contributed by atoms with Crippen LogP contribution in [0.25, 0.3) is 0 Å². The van der Waals surface area contributed by atoms with E-state index in [4.69, 9.17) is 5.11 Å². The summed E-state index contributed by atoms with van der Waals surface area (Å²) in [5.74, 6) is -1.16. The average molecular weight is 367 g/mol. The second-order valence-electron chi connectivity index (χ2n) is 4.03. The minimum Gasteiger partial charge on any atom is -0.481 e. The van der Waals surface area contributed by atoms with E-state index in [0.717, 1.165) is 16.2 Å². The minimum absolute atomic E-state index is 0.0440. The summed E-state index contributed by atoms with van der Waals surface area (Å²) in [4.78, 5) is 26.5. The van der Waals surface area contributed by atoms with Crippen LogP contribution in [0.5, 0.6) is 0 Å². The lowest BCUT2D eigenvalue weighted by Crippen LogP contribution is -2.11. The Bertz CT molecular complexity index is 644. The zero-order valence-electron chi connectivity index (χ0n) is 10.7. The molecule has 1 aromatic carbocycles. The number of rotatable bonds is 5. The van der Waals surface area contributed by atoms with Gasteiger partial charge in [-0.2, -0.15) is 0 Å². The van der Waals surface area contributed by atoms with Crippen molar-refractivity contribution in [1.82, 2.24) is 4.98 Å². The van der Waals surface area contributed by atoms with Crippen molar-refractivity contribution in [2.75, 3.05) is 11.1 Å². The van der Waals surface area contributed by atoms with Crippen LogP contribution in [0, 0.1) is 0 Å². The molecule has 0 fully saturated rings. The van der Waals surface area contributed by atoms with Gasteiger partial charge in [-0.15, -0.1) is 0 Å². The number of carboxylic acids is 1. The quantitative estimate of drug-likeness (QED) is 0.793. The van der Waals surface area contributed by atoms with Crippen LogP contribution in [0.3, 0.4) is 0 Å². The molecular formula is C14H11BrN2O3S. The van der Waals surface area contributed by atoms with Crippen LogP contribution in [-0.4, -0.2) is 27.7 Å². The van der Waals surface area contributed by atoms with Gasteiger partial charge >= 0.3 is 5.97 Å². The maximum atomic E-state index is 12.0. The molecule has 1 aromatic heterocycles. The van der Waals surface area contributed by atoms with Gasteiger partial charge in [0.25, 0.3) is 5.91 Å². The number of benzene rings is 1. The lowest BCUT2D eigenvalue weighted by molar-refractivity contribution is -0.133. The number of anilines is 1. The largest absolute Gasteiger partial charge is 0.481 e. The van der Waals surface area contributed by atoms with Gasteiger partial charge in [0.2, 0.25) is 0 Å². The highest BCUT2D eigenvalue weighted by atomic mass is 79.9. The number of carboxylic acid groups (broad SMARTS) is 1. The topological polar surface area (TPSA) is 79.3 Å². The number of halogens is 1. The molecule has 0 bridgehead atoms. The molecule has 0 atom stereocenters. The van der Waals surface area contributed by atoms with Crippen LogP contribution in [-0.2, 0) is 4.79 Å². The Hall–Kier alpha value is -1.86. The van der Waals surface area contributed by atoms with Gasteiger partial charge in [-0.25, -0.2) is 4.98 Å². The molecule has 0 saturated carbocycles. The zero-order chi connectivity index (χ0) is 15.2. The molecule has 0 radical (unpaired) electrons. The fourth-order valence-electron chi connectivity index (χ4n) is 1.48. The predicted octanol–water partition coefficient (Wildman–Crippen LogP) is 3.27. The van der Waals surface area contributed by atoms with Crippen molar-refractivity contribution in [3.8, 4) is 0 Å². The van der Waals surface area contributed by atoms with Crippen LogP contribution in [0.4, 0.5) is 5.69 Å². The van der Waals surface area contributed by atoms with Crippen molar-refractivity contribution < 1.29 is 14.7 Å². The van der Waals surface area contributed by atoms with Crippen molar-refractivity contribution in [2.45, 2.75) is 5.03 Å². The molecule has 0 aliphatic rings. The van der Waals surface area contributed by atoms with Gasteiger partial charge in [-0.1, -0.05) is 27.7 Å². The van der Waals surface area contributed by atoms with Crippen molar-refractivity contribution in [3.63, 3.8) is 0 Å². The molecule has 1 amide bonds. The maximum absolute atomic E-state index is 12.0. The van der Waals surface area contributed by atoms with Gasteiger partial charge < -0.3 is 10.4 Å². The van der Waals surface area contributed by atoms with Gasteiger partial charge in [0.15, 0.2) is 0 Å². The Morgan fingerprint density at radius 2 is 1.90 bits per heavy atom. The van der Waals surface area contributed by atoms with E-state index in [2.05, 4.69) is 26.2 Å². The number of aliphatic carboxylic acids is 1. The van der Waals surface area contributed by atoms with E-state index < -0.39 is 5.97 Å². The number of hydrogen-bond donors (Lipinski definition) is 2. The van der Waals surface area contributed by atoms with E-state index in [1.807, 2.05) is 0 Å². The summed E-state index contributed by atoms with van der Waals surface area (Å²) >= 11 is 4.43. The maximum Gasteiger partial charge on any atom is 0.313 e. The first kappa shape index (κ1) is 15.5. The number of thioether (sulfide) groups is 1. The number of nitrogens with zero attached hydrogens (tertiary/aromatic N) is 1. The van der Waals surface area contributed by atoms with Gasteiger partial charge in [0, 0.05) is 10.0 Å². The third-order valence-corrected chi connectivity index (χ3v) is 3.90. The number of carbonyl (C=O) groups excluding carboxylic acids is 1. The van der Waals surface area contributed by atoms with Crippen LogP contribution < -0.4 is 5.32 Å². The Balaban J connectivity index is 1.98. The normalized spacial score (nSPS) is 10.1. The summed E-state index contributed by atoms with van der Waals surface area (Å²) in [6.07, 6.45) is 1.50. The summed E-state index contributed by atoms with van der Waals surface area (Å²) in [5, 5.41) is 11.9. The summed E-state index contributed by atoms with van der Waals surface area (Å²) in [7, 11) is 0. The highest BCUT2D eigenvalue weighted by Gasteiger charge is 2.06. The first-order valence-electron chi connectivity index (χ1n) is 5.92. The van der Waals surface area contributed by atoms with Crippen molar-refractivity contribution in [1.29, 1.82) is 0 Å². The Morgan fingerprint density at radius 1 is 1.19 bits per heavy atom. The highest BCUT2D eigenvalue weighted by Crippen LogP contribution is 2.17. The number of nitrogens with one attached hydrogen (secondary N) is 1. The van der Waals surface area contributed by atoms with Crippen LogP contribution in [0.15, 0.2) is 52.1 Å². The SMILES string of the molecule is O=C(O)CSc1ccc(NC(=O)c2ccc(Br)cc2)cn1. The molecule has 2 aromatic rings. The molecule has 1 heterocycles. The molecule has 21 heavy (non-hydrogen) atoms. The standard InChI is InChI=1S/C14H11BrN2O3S/c15-10-3-1-9(2-4-10)14(20)17-11-5-6-12(16-7-11)21-8-13(18)19/h1-7H,8H2,(H,17,20)(H,18,19). The summed E-state index contributed by atoms with van der Waals surface area (Å²) in [6, 6.07) is 10.4. The number of amides is 1. The summed E-state index contributed by atoms with van der Waals surface area (Å²) in [5.41, 5.74) is 1.10. The molecule has 5 nitrogen and oxygen atoms in total. The van der Waals surface area contributed by atoms with Crippen LogP contribution in [0.1, 0.15) is 10.4 Å². The van der Waals surface area contributed by atoms with Crippen molar-refractivity contribution in [2.24, 2.45) is 0 Å². The molecule has 2 rings (SSSR count). The molecule has 0 spiro atoms. The van der Waals surface area contributed by atoms with E-state index in [9.17, 15) is 9.59 Å². The van der Waals surface area contributed by atoms with Gasteiger partial charge in [0.05, 0.1) is 22.7 Å². The van der Waals surface area contributed by atoms with E-state index in [-0.39, 0.29) is 11.7 Å². The molecule has 0 unspecified atom stereocenters. The highest BCUT2D eigenvalue weighted by molar-refractivity contribution is 9.10. The van der Waals surface area contributed by atoms with Gasteiger partial charge in [-0.3, -0.25) is 9.59 Å². The average Bonchev–Trinajstić information content (AvgIpc) is 2.47. The monoisotopic (exact) mass is 366 g/mol. The Morgan fingerprint density at radius 3 is 2.48 bits per heavy atom. The van der Waals surface area contributed by atoms with Crippen LogP contribution >= 0.6 is 27.7 Å². The molecule has 7 heteroatoms. The molecule has 2 N–H and O–H groups in total. The van der Waals surface area contributed by atoms with E-state index in [1.165, 1.54) is 6.20 Å². The number of carbonyl (C=O) groups is 2. The lowest BCUT2D eigenvalue weighted by Gasteiger charge is -2.05. The molecule has 0 aliphatic carbocycles. The minimum atomic E-state index is -0.894. The lowest BCUT2D eigenvalue weighted by atomic mass is 10.2. The number of hydrogen-bond acceptors (Lipinski definition) is 4. The molecule has 108 valence electrons. The first-order chi connectivity index (χ1) is 10.0. The predicted molar refractivity (Wildman–Crippen MR) is 84.7 cm³/mol. The fraction of sp³-hybridized carbons (Fsp3) is 0.0714. The second kappa shape index (κ2) is 7.24. The summed E-state index contributed by atoms with van der Waals surface area (Å²) in [6.45, 7) is 0. The Kier molecular flexibility index (Phi) is 5.35. The molecular weight excluding hydrogens is 356 g/mol. The van der Waals surface area contributed by atoms with Crippen molar-refractivity contribution in [3.05, 3.63) is 52.6 Å². The van der Waals surface area contributed by atoms with Gasteiger partial charge in [-0.05, 0) is 36.4 Å². The molecule has 0 saturated heterocycles. The first-order valence-corrected chi connectivity index (χ1v) is 7.70. The zero-order valence-corrected chi connectivity index (χ0v) is 13.1. The van der Waals surface area contributed by atoms with Gasteiger partial charge in [0.1, 0.15) is 0 Å². The second-order valence-corrected chi connectivity index (χ2v) is 5.94.